The topological polar surface area (TPSA) is 34.1 Å². The third-order valence-electron chi connectivity index (χ3n) is 2.28. The van der Waals surface area contributed by atoms with Crippen LogP contribution in [0.2, 0.25) is 0 Å². The fourth-order valence-electron chi connectivity index (χ4n) is 1.66. The van der Waals surface area contributed by atoms with E-state index in [9.17, 15) is 0 Å². The van der Waals surface area contributed by atoms with E-state index >= 15 is 0 Å². The minimum absolute atomic E-state index is 0.0377. The van der Waals surface area contributed by atoms with Gasteiger partial charge >= 0.3 is 0 Å². The van der Waals surface area contributed by atoms with Crippen molar-refractivity contribution in [2.24, 2.45) is 5.10 Å². The van der Waals surface area contributed by atoms with E-state index in [2.05, 4.69) is 5.10 Å². The van der Waals surface area contributed by atoms with Crippen LogP contribution in [-0.2, 0) is 9.47 Å². The maximum absolute atomic E-state index is 5.40. The largest absolute Gasteiger partial charge is 0.322 e. The summed E-state index contributed by atoms with van der Waals surface area (Å²) in [4.78, 5) is 0. The summed E-state index contributed by atoms with van der Waals surface area (Å²) in [6, 6.07) is 0.279. The molecule has 0 aromatic heterocycles. The van der Waals surface area contributed by atoms with Gasteiger partial charge in [0.25, 0.3) is 0 Å². The smallest absolute Gasteiger partial charge is 0.185 e. The fraction of sp³-hybridized carbons (Fsp3) is 0.875. The van der Waals surface area contributed by atoms with Gasteiger partial charge in [-0.1, -0.05) is 0 Å². The Bertz CT molecular complexity index is 211. The van der Waals surface area contributed by atoms with Crippen LogP contribution < -0.4 is 0 Å². The summed E-state index contributed by atoms with van der Waals surface area (Å²) in [6.07, 6.45) is 0.837. The van der Waals surface area contributed by atoms with Crippen molar-refractivity contribution in [3.63, 3.8) is 0 Å². The Labute approximate surface area is 72.1 Å². The maximum atomic E-state index is 5.40. The molecule has 4 nitrogen and oxygen atoms in total. The van der Waals surface area contributed by atoms with Crippen molar-refractivity contribution in [3.8, 4) is 0 Å². The molecule has 0 aliphatic carbocycles. The Balaban J connectivity index is 1.91. The molecular formula is C8H14N2O2. The molecule has 2 heterocycles. The van der Waals surface area contributed by atoms with Gasteiger partial charge in [-0.25, -0.2) is 0 Å². The van der Waals surface area contributed by atoms with Gasteiger partial charge in [-0.3, -0.25) is 5.01 Å². The van der Waals surface area contributed by atoms with Crippen LogP contribution in [0.3, 0.4) is 0 Å². The second-order valence-electron chi connectivity index (χ2n) is 3.39. The van der Waals surface area contributed by atoms with Gasteiger partial charge in [-0.15, -0.1) is 0 Å². The van der Waals surface area contributed by atoms with Gasteiger partial charge in [0.05, 0.1) is 0 Å². The summed E-state index contributed by atoms with van der Waals surface area (Å²) in [7, 11) is 1.96. The van der Waals surface area contributed by atoms with Crippen LogP contribution in [-0.4, -0.2) is 36.4 Å². The van der Waals surface area contributed by atoms with Crippen LogP contribution in [0.4, 0.5) is 0 Å². The van der Waals surface area contributed by atoms with E-state index in [1.807, 2.05) is 25.9 Å². The first-order valence-electron chi connectivity index (χ1n) is 4.24. The molecule has 2 aliphatic rings. The average Bonchev–Trinajstić information content (AvgIpc) is 2.23. The van der Waals surface area contributed by atoms with E-state index in [1.54, 1.807) is 0 Å². The molecule has 0 spiro atoms. The quantitative estimate of drug-likeness (QED) is 0.583. The second-order valence-corrected chi connectivity index (χ2v) is 3.39. The minimum atomic E-state index is -0.0776. The lowest BCUT2D eigenvalue weighted by Crippen LogP contribution is -2.50. The van der Waals surface area contributed by atoms with Crippen LogP contribution in [0.25, 0.3) is 0 Å². The highest BCUT2D eigenvalue weighted by molar-refractivity contribution is 5.83. The van der Waals surface area contributed by atoms with Gasteiger partial charge < -0.3 is 9.47 Å². The van der Waals surface area contributed by atoms with Gasteiger partial charge in [0, 0.05) is 19.2 Å². The highest BCUT2D eigenvalue weighted by Crippen LogP contribution is 2.27. The van der Waals surface area contributed by atoms with Gasteiger partial charge in [0.1, 0.15) is 6.04 Å². The Morgan fingerprint density at radius 3 is 2.58 bits per heavy atom. The first-order chi connectivity index (χ1) is 5.66. The van der Waals surface area contributed by atoms with Gasteiger partial charge in [-0.05, 0) is 13.8 Å². The molecule has 0 aromatic rings. The molecule has 0 amide bonds. The van der Waals surface area contributed by atoms with E-state index in [0.29, 0.717) is 0 Å². The molecule has 68 valence electrons. The summed E-state index contributed by atoms with van der Waals surface area (Å²) in [5.41, 5.74) is 1.15. The van der Waals surface area contributed by atoms with Crippen LogP contribution in [0.5, 0.6) is 0 Å². The maximum Gasteiger partial charge on any atom is 0.185 e. The van der Waals surface area contributed by atoms with Gasteiger partial charge in [0.15, 0.2) is 12.6 Å². The summed E-state index contributed by atoms with van der Waals surface area (Å²) >= 11 is 0. The van der Waals surface area contributed by atoms with E-state index < -0.39 is 0 Å². The number of rotatable bonds is 1. The van der Waals surface area contributed by atoms with Crippen molar-refractivity contribution in [1.82, 2.24) is 5.01 Å². The third-order valence-corrected chi connectivity index (χ3v) is 2.28. The molecule has 0 N–H and O–H groups in total. The number of ether oxygens (including phenoxy) is 2. The molecule has 1 unspecified atom stereocenters. The number of hydrazone groups is 1. The lowest BCUT2D eigenvalue weighted by Gasteiger charge is -2.39. The van der Waals surface area contributed by atoms with E-state index in [-0.39, 0.29) is 18.6 Å². The van der Waals surface area contributed by atoms with Crippen molar-refractivity contribution >= 4 is 5.71 Å². The molecule has 12 heavy (non-hydrogen) atoms. The van der Waals surface area contributed by atoms with Crippen molar-refractivity contribution in [2.75, 3.05) is 7.05 Å². The third kappa shape index (κ3) is 1.21. The Kier molecular flexibility index (Phi) is 1.81. The zero-order valence-corrected chi connectivity index (χ0v) is 7.65. The zero-order chi connectivity index (χ0) is 8.72. The molecular weight excluding hydrogens is 156 g/mol. The molecule has 2 rings (SSSR count). The predicted molar refractivity (Wildman–Crippen MR) is 44.7 cm³/mol. The predicted octanol–water partition coefficient (Wildman–Crippen LogP) is 0.785. The zero-order valence-electron chi connectivity index (χ0n) is 7.65. The Morgan fingerprint density at radius 1 is 1.50 bits per heavy atom. The molecule has 0 aromatic carbocycles. The van der Waals surface area contributed by atoms with Gasteiger partial charge in [0.2, 0.25) is 0 Å². The highest BCUT2D eigenvalue weighted by atomic mass is 16.9. The highest BCUT2D eigenvalue weighted by Gasteiger charge is 2.39. The number of hydrogen-bond donors (Lipinski definition) is 0. The molecule has 1 atom stereocenters. The first kappa shape index (κ1) is 8.01. The van der Waals surface area contributed by atoms with Crippen molar-refractivity contribution < 1.29 is 9.47 Å². The summed E-state index contributed by atoms with van der Waals surface area (Å²) in [5.74, 6) is 0. The fourth-order valence-corrected chi connectivity index (χ4v) is 1.66. The average molecular weight is 170 g/mol. The minimum Gasteiger partial charge on any atom is -0.322 e. The molecule has 1 saturated heterocycles. The SMILES string of the molecule is CC1=NN(C)C(C2OC(C)O2)C1. The molecule has 0 bridgehead atoms. The monoisotopic (exact) mass is 170 g/mol. The van der Waals surface area contributed by atoms with Crippen LogP contribution >= 0.6 is 0 Å². The van der Waals surface area contributed by atoms with Crippen LogP contribution in [0.15, 0.2) is 5.10 Å². The molecule has 4 heteroatoms. The number of hydrogen-bond acceptors (Lipinski definition) is 4. The molecule has 0 radical (unpaired) electrons. The second kappa shape index (κ2) is 2.71. The van der Waals surface area contributed by atoms with Crippen molar-refractivity contribution in [3.05, 3.63) is 0 Å². The molecule has 2 aliphatic heterocycles. The van der Waals surface area contributed by atoms with Crippen molar-refractivity contribution in [1.29, 1.82) is 0 Å². The van der Waals surface area contributed by atoms with Crippen molar-refractivity contribution in [2.45, 2.75) is 38.9 Å². The molecule has 0 saturated carbocycles. The molecule has 1 fully saturated rings. The first-order valence-corrected chi connectivity index (χ1v) is 4.24. The summed E-state index contributed by atoms with van der Waals surface area (Å²) in [6.45, 7) is 3.93. The van der Waals surface area contributed by atoms with Crippen LogP contribution in [0.1, 0.15) is 20.3 Å². The standard InChI is InChI=1S/C8H14N2O2/c1-5-4-7(10(3)9-5)8-11-6(2)12-8/h6-8H,4H2,1-3H3. The van der Waals surface area contributed by atoms with E-state index in [0.717, 1.165) is 12.1 Å². The van der Waals surface area contributed by atoms with Gasteiger partial charge in [-0.2, -0.15) is 5.10 Å². The Hall–Kier alpha value is -0.610. The normalized spacial score (nSPS) is 41.1. The lowest BCUT2D eigenvalue weighted by atomic mass is 10.1. The number of nitrogens with zero attached hydrogens (tertiary/aromatic N) is 2. The van der Waals surface area contributed by atoms with Crippen LogP contribution in [0, 0.1) is 0 Å². The summed E-state index contributed by atoms with van der Waals surface area (Å²) < 4.78 is 10.8. The Morgan fingerprint density at radius 2 is 2.17 bits per heavy atom. The lowest BCUT2D eigenvalue weighted by molar-refractivity contribution is -0.389. The summed E-state index contributed by atoms with van der Waals surface area (Å²) in [5, 5.41) is 6.21. The van der Waals surface area contributed by atoms with E-state index in [1.165, 1.54) is 0 Å². The number of likely N-dealkylation sites (N-methyl/N-ethyl adjacent to an activating group) is 1. The van der Waals surface area contributed by atoms with E-state index in [4.69, 9.17) is 9.47 Å².